The molecule has 0 fully saturated rings. The summed E-state index contributed by atoms with van der Waals surface area (Å²) in [6, 6.07) is 1.48. The number of aryl methyl sites for hydroxylation is 1. The topological polar surface area (TPSA) is 17.1 Å². The summed E-state index contributed by atoms with van der Waals surface area (Å²) in [6.07, 6.45) is -4.98. The van der Waals surface area contributed by atoms with Crippen LogP contribution in [-0.2, 0) is 0 Å². The summed E-state index contributed by atoms with van der Waals surface area (Å²) in [7, 11) is 0. The lowest BCUT2D eigenvalue weighted by Gasteiger charge is -2.07. The number of hydrogen-bond acceptors (Lipinski definition) is 1. The molecule has 0 saturated carbocycles. The van der Waals surface area contributed by atoms with Gasteiger partial charge >= 0.3 is 6.18 Å². The Balaban J connectivity index is 3.24. The summed E-state index contributed by atoms with van der Waals surface area (Å²) >= 11 is 5.32. The van der Waals surface area contributed by atoms with E-state index >= 15 is 0 Å². The van der Waals surface area contributed by atoms with Crippen molar-refractivity contribution in [1.82, 2.24) is 0 Å². The molecule has 0 aliphatic carbocycles. The van der Waals surface area contributed by atoms with Crippen LogP contribution in [0.4, 0.5) is 17.6 Å². The Morgan fingerprint density at radius 1 is 1.33 bits per heavy atom. The molecule has 1 aromatic rings. The van der Waals surface area contributed by atoms with E-state index in [1.807, 2.05) is 0 Å². The van der Waals surface area contributed by atoms with Gasteiger partial charge in [0.1, 0.15) is 5.82 Å². The first-order valence-electron chi connectivity index (χ1n) is 3.80. The van der Waals surface area contributed by atoms with Gasteiger partial charge in [0.25, 0.3) is 5.78 Å². The zero-order valence-corrected chi connectivity index (χ0v) is 8.21. The van der Waals surface area contributed by atoms with E-state index < -0.39 is 28.4 Å². The van der Waals surface area contributed by atoms with E-state index in [-0.39, 0.29) is 5.56 Å². The number of carbonyl (C=O) groups is 1. The first-order valence-corrected chi connectivity index (χ1v) is 4.18. The highest BCUT2D eigenvalue weighted by molar-refractivity contribution is 6.31. The van der Waals surface area contributed by atoms with Crippen molar-refractivity contribution in [1.29, 1.82) is 0 Å². The van der Waals surface area contributed by atoms with E-state index in [1.165, 1.54) is 6.92 Å². The molecule has 0 bridgehead atoms. The van der Waals surface area contributed by atoms with Crippen molar-refractivity contribution < 1.29 is 22.4 Å². The summed E-state index contributed by atoms with van der Waals surface area (Å²) in [5.74, 6) is -2.86. The Morgan fingerprint density at radius 3 is 2.27 bits per heavy atom. The molecule has 82 valence electrons. The lowest BCUT2D eigenvalue weighted by Crippen LogP contribution is -2.22. The van der Waals surface area contributed by atoms with Crippen LogP contribution in [0.5, 0.6) is 0 Å². The molecule has 0 heterocycles. The number of benzene rings is 1. The quantitative estimate of drug-likeness (QED) is 0.542. The minimum absolute atomic E-state index is 0.102. The van der Waals surface area contributed by atoms with Crippen LogP contribution >= 0.6 is 11.6 Å². The molecule has 1 nitrogen and oxygen atoms in total. The van der Waals surface area contributed by atoms with Crippen molar-refractivity contribution in [2.24, 2.45) is 0 Å². The van der Waals surface area contributed by atoms with Gasteiger partial charge in [-0.3, -0.25) is 4.79 Å². The molecule has 0 spiro atoms. The Labute approximate surface area is 87.7 Å². The highest BCUT2D eigenvalue weighted by Gasteiger charge is 2.39. The number of Topliss-reactive ketones (excluding diaryl/α,β-unsaturated/α-hetero) is 1. The van der Waals surface area contributed by atoms with Gasteiger partial charge in [0, 0.05) is 5.56 Å². The molecule has 0 saturated heterocycles. The Bertz CT molecular complexity index is 388. The second-order valence-electron chi connectivity index (χ2n) is 2.92. The zero-order valence-electron chi connectivity index (χ0n) is 7.45. The molecule has 15 heavy (non-hydrogen) atoms. The van der Waals surface area contributed by atoms with Crippen molar-refractivity contribution in [3.63, 3.8) is 0 Å². The largest absolute Gasteiger partial charge is 0.454 e. The standard InChI is InChI=1S/C9H5ClF4O/c1-4-2-5(3-6(10)7(4)11)8(15)9(12,13)14/h2-3H,1H3. The highest BCUT2D eigenvalue weighted by Crippen LogP contribution is 2.26. The molecule has 6 heteroatoms. The van der Waals surface area contributed by atoms with Gasteiger partial charge in [-0.15, -0.1) is 0 Å². The molecule has 0 radical (unpaired) electrons. The maximum atomic E-state index is 12.9. The summed E-state index contributed by atoms with van der Waals surface area (Å²) < 4.78 is 49.0. The molecule has 0 amide bonds. The summed E-state index contributed by atoms with van der Waals surface area (Å²) in [5, 5.41) is -0.498. The third-order valence-corrected chi connectivity index (χ3v) is 2.00. The first kappa shape index (κ1) is 12.0. The number of alkyl halides is 3. The molecule has 0 aliphatic rings. The fraction of sp³-hybridized carbons (Fsp3) is 0.222. The number of ketones is 1. The predicted molar refractivity (Wildman–Crippen MR) is 46.5 cm³/mol. The van der Waals surface area contributed by atoms with E-state index in [4.69, 9.17) is 11.6 Å². The van der Waals surface area contributed by atoms with Crippen LogP contribution in [0, 0.1) is 12.7 Å². The molecule has 0 unspecified atom stereocenters. The summed E-state index contributed by atoms with van der Waals surface area (Å²) in [4.78, 5) is 10.8. The van der Waals surface area contributed by atoms with Gasteiger partial charge < -0.3 is 0 Å². The van der Waals surface area contributed by atoms with E-state index in [0.29, 0.717) is 6.07 Å². The van der Waals surface area contributed by atoms with Crippen molar-refractivity contribution in [3.8, 4) is 0 Å². The Kier molecular flexibility index (Phi) is 3.04. The zero-order chi connectivity index (χ0) is 11.8. The summed E-state index contributed by atoms with van der Waals surface area (Å²) in [5.41, 5.74) is -0.762. The van der Waals surface area contributed by atoms with Gasteiger partial charge in [0.15, 0.2) is 0 Å². The van der Waals surface area contributed by atoms with Gasteiger partial charge in [-0.05, 0) is 24.6 Å². The third-order valence-electron chi connectivity index (χ3n) is 1.73. The van der Waals surface area contributed by atoms with Gasteiger partial charge in [-0.25, -0.2) is 4.39 Å². The lowest BCUT2D eigenvalue weighted by atomic mass is 10.1. The number of hydrogen-bond donors (Lipinski definition) is 0. The average Bonchev–Trinajstić information content (AvgIpc) is 2.10. The second-order valence-corrected chi connectivity index (χ2v) is 3.32. The second kappa shape index (κ2) is 3.81. The van der Waals surface area contributed by atoms with Gasteiger partial charge in [0.2, 0.25) is 0 Å². The van der Waals surface area contributed by atoms with E-state index in [0.717, 1.165) is 6.07 Å². The molecular weight excluding hydrogens is 236 g/mol. The van der Waals surface area contributed by atoms with Crippen LogP contribution in [0.3, 0.4) is 0 Å². The fourth-order valence-corrected chi connectivity index (χ4v) is 1.29. The smallest absolute Gasteiger partial charge is 0.284 e. The van der Waals surface area contributed by atoms with Crippen molar-refractivity contribution in [3.05, 3.63) is 34.1 Å². The van der Waals surface area contributed by atoms with Crippen LogP contribution in [0.2, 0.25) is 5.02 Å². The van der Waals surface area contributed by atoms with Crippen LogP contribution in [0.25, 0.3) is 0 Å². The maximum Gasteiger partial charge on any atom is 0.454 e. The molecule has 0 N–H and O–H groups in total. The van der Waals surface area contributed by atoms with Crippen LogP contribution in [-0.4, -0.2) is 12.0 Å². The maximum absolute atomic E-state index is 12.9. The SMILES string of the molecule is Cc1cc(C(=O)C(F)(F)F)cc(Cl)c1F. The van der Waals surface area contributed by atoms with Crippen molar-refractivity contribution in [2.45, 2.75) is 13.1 Å². The van der Waals surface area contributed by atoms with Crippen molar-refractivity contribution >= 4 is 17.4 Å². The normalized spacial score (nSPS) is 11.6. The first-order chi connectivity index (χ1) is 6.73. The minimum atomic E-state index is -4.98. The molecular formula is C9H5ClF4O. The molecule has 0 aliphatic heterocycles. The molecule has 0 aromatic heterocycles. The lowest BCUT2D eigenvalue weighted by molar-refractivity contribution is -0.0885. The van der Waals surface area contributed by atoms with Crippen LogP contribution in [0.15, 0.2) is 12.1 Å². The van der Waals surface area contributed by atoms with E-state index in [1.54, 1.807) is 0 Å². The average molecular weight is 241 g/mol. The monoisotopic (exact) mass is 240 g/mol. The third kappa shape index (κ3) is 2.47. The van der Waals surface area contributed by atoms with Gasteiger partial charge in [-0.2, -0.15) is 13.2 Å². The van der Waals surface area contributed by atoms with Crippen molar-refractivity contribution in [2.75, 3.05) is 0 Å². The minimum Gasteiger partial charge on any atom is -0.284 e. The van der Waals surface area contributed by atoms with Gasteiger partial charge in [0.05, 0.1) is 5.02 Å². The fourth-order valence-electron chi connectivity index (χ4n) is 1.02. The number of carbonyl (C=O) groups excluding carboxylic acids is 1. The van der Waals surface area contributed by atoms with Crippen LogP contribution < -0.4 is 0 Å². The predicted octanol–water partition coefficient (Wildman–Crippen LogP) is 3.53. The summed E-state index contributed by atoms with van der Waals surface area (Å²) in [6.45, 7) is 1.23. The van der Waals surface area contributed by atoms with Crippen LogP contribution in [0.1, 0.15) is 15.9 Å². The Hall–Kier alpha value is -1.10. The number of rotatable bonds is 1. The highest BCUT2D eigenvalue weighted by atomic mass is 35.5. The van der Waals surface area contributed by atoms with Gasteiger partial charge in [-0.1, -0.05) is 11.6 Å². The van der Waals surface area contributed by atoms with E-state index in [9.17, 15) is 22.4 Å². The molecule has 1 aromatic carbocycles. The Morgan fingerprint density at radius 2 is 1.87 bits per heavy atom. The number of halogens is 5. The molecule has 1 rings (SSSR count). The van der Waals surface area contributed by atoms with E-state index in [2.05, 4.69) is 0 Å². The molecule has 0 atom stereocenters.